The summed E-state index contributed by atoms with van der Waals surface area (Å²) in [5, 5.41) is 15.0. The summed E-state index contributed by atoms with van der Waals surface area (Å²) in [5.41, 5.74) is 2.78. The lowest BCUT2D eigenvalue weighted by Gasteiger charge is -2.34. The predicted molar refractivity (Wildman–Crippen MR) is 130 cm³/mol. The van der Waals surface area contributed by atoms with Gasteiger partial charge in [-0.25, -0.2) is 0 Å². The van der Waals surface area contributed by atoms with Crippen molar-refractivity contribution in [1.29, 1.82) is 0 Å². The van der Waals surface area contributed by atoms with E-state index in [2.05, 4.69) is 10.6 Å². The van der Waals surface area contributed by atoms with Crippen LogP contribution < -0.4 is 10.6 Å². The zero-order valence-corrected chi connectivity index (χ0v) is 20.5. The third kappa shape index (κ3) is 4.05. The Kier molecular flexibility index (Phi) is 7.05. The fourth-order valence-electron chi connectivity index (χ4n) is 6.11. The molecule has 0 saturated carbocycles. The van der Waals surface area contributed by atoms with Crippen molar-refractivity contribution in [3.63, 3.8) is 0 Å². The first-order valence-corrected chi connectivity index (χ1v) is 12.9. The van der Waals surface area contributed by atoms with Gasteiger partial charge in [-0.3, -0.25) is 14.4 Å². The van der Waals surface area contributed by atoms with Gasteiger partial charge in [0.15, 0.2) is 0 Å². The molecule has 3 heterocycles. The fraction of sp³-hybridized carbons (Fsp3) is 0.640. The number of hydrogen-bond donors (Lipinski definition) is 3. The van der Waals surface area contributed by atoms with Crippen molar-refractivity contribution in [3.8, 4) is 0 Å². The Balaban J connectivity index is 1.64. The number of nitrogens with zero attached hydrogens (tertiary/aromatic N) is 1. The Bertz CT molecular complexity index is 918. The minimum absolute atomic E-state index is 0.0536. The summed E-state index contributed by atoms with van der Waals surface area (Å²) in [6.07, 6.45) is 4.93. The number of carbonyl (C=O) groups is 3. The average molecular weight is 474 g/mol. The number of amides is 3. The molecule has 4 rings (SSSR count). The lowest BCUT2D eigenvalue weighted by Crippen LogP contribution is -2.51. The van der Waals surface area contributed by atoms with Crippen molar-refractivity contribution in [2.24, 2.45) is 11.8 Å². The van der Waals surface area contributed by atoms with Gasteiger partial charge in [0.05, 0.1) is 16.6 Å². The van der Waals surface area contributed by atoms with Gasteiger partial charge in [-0.05, 0) is 50.7 Å². The Morgan fingerprint density at radius 3 is 2.52 bits per heavy atom. The van der Waals surface area contributed by atoms with Gasteiger partial charge >= 0.3 is 0 Å². The van der Waals surface area contributed by atoms with Crippen LogP contribution in [0.25, 0.3) is 0 Å². The summed E-state index contributed by atoms with van der Waals surface area (Å²) in [5.74, 6) is -1.12. The molecule has 5 atom stereocenters. The number of likely N-dealkylation sites (tertiary alicyclic amines) is 1. The van der Waals surface area contributed by atoms with Gasteiger partial charge in [0.1, 0.15) is 6.04 Å². The normalized spacial score (nSPS) is 29.9. The van der Waals surface area contributed by atoms with E-state index in [0.717, 1.165) is 55.3 Å². The number of anilines is 1. The molecular formula is C25H35N3O4S. The number of fused-ring (bicyclic) bond motifs is 1. The van der Waals surface area contributed by atoms with Crippen LogP contribution in [0.3, 0.4) is 0 Å². The van der Waals surface area contributed by atoms with Crippen LogP contribution in [-0.2, 0) is 14.4 Å². The highest BCUT2D eigenvalue weighted by Crippen LogP contribution is 2.66. The molecule has 3 N–H and O–H groups in total. The molecule has 7 nitrogen and oxygen atoms in total. The van der Waals surface area contributed by atoms with Gasteiger partial charge in [0, 0.05) is 31.1 Å². The summed E-state index contributed by atoms with van der Waals surface area (Å²) in [6.45, 7) is 4.61. The highest BCUT2D eigenvalue weighted by molar-refractivity contribution is 8.02. The van der Waals surface area contributed by atoms with E-state index in [9.17, 15) is 14.4 Å². The molecule has 8 heteroatoms. The van der Waals surface area contributed by atoms with Crippen LogP contribution in [-0.4, -0.2) is 64.0 Å². The molecule has 3 aliphatic heterocycles. The Hall–Kier alpha value is -2.06. The largest absolute Gasteiger partial charge is 0.396 e. The van der Waals surface area contributed by atoms with Crippen LogP contribution in [0.4, 0.5) is 5.69 Å². The number of aliphatic hydroxyl groups is 1. The van der Waals surface area contributed by atoms with E-state index in [-0.39, 0.29) is 35.5 Å². The van der Waals surface area contributed by atoms with Gasteiger partial charge in [-0.1, -0.05) is 31.0 Å². The van der Waals surface area contributed by atoms with E-state index in [1.807, 2.05) is 32.0 Å². The van der Waals surface area contributed by atoms with E-state index in [0.29, 0.717) is 6.54 Å². The molecule has 3 saturated heterocycles. The number of carbonyl (C=O) groups excluding carboxylic acids is 3. The highest BCUT2D eigenvalue weighted by Gasteiger charge is 2.73. The minimum Gasteiger partial charge on any atom is -0.396 e. The van der Waals surface area contributed by atoms with Crippen LogP contribution in [0.5, 0.6) is 0 Å². The summed E-state index contributed by atoms with van der Waals surface area (Å²) >= 11 is 1.69. The quantitative estimate of drug-likeness (QED) is 0.479. The standard InChI is InChI=1S/C25H35N3O4S/c1-15-9-8-10-16(2)20(15)27-23(31)21-25-12-11-17(33-25)18(22(30)26-3)19(25)24(32)28(21)13-6-4-5-7-14-29/h8-10,17-19,21,29H,4-7,11-14H2,1-3H3,(H,26,30)(H,27,31)/t17-,18+,19+,21?,25?/m1/s1. The average Bonchev–Trinajstić information content (AvgIpc) is 3.43. The molecule has 3 amide bonds. The number of nitrogens with one attached hydrogen (secondary N) is 2. The third-order valence-electron chi connectivity index (χ3n) is 7.63. The van der Waals surface area contributed by atoms with E-state index >= 15 is 0 Å². The van der Waals surface area contributed by atoms with Crippen LogP contribution >= 0.6 is 11.8 Å². The number of hydrogen-bond acceptors (Lipinski definition) is 5. The molecule has 1 aromatic rings. The predicted octanol–water partition coefficient (Wildman–Crippen LogP) is 2.63. The maximum Gasteiger partial charge on any atom is 0.248 e. The number of thioether (sulfide) groups is 1. The minimum atomic E-state index is -0.587. The zero-order valence-electron chi connectivity index (χ0n) is 19.7. The monoisotopic (exact) mass is 473 g/mol. The molecule has 3 fully saturated rings. The number of benzene rings is 1. The van der Waals surface area contributed by atoms with Crippen molar-refractivity contribution >= 4 is 35.2 Å². The summed E-state index contributed by atoms with van der Waals surface area (Å²) in [6, 6.07) is 5.33. The molecular weight excluding hydrogens is 438 g/mol. The number of para-hydroxylation sites is 1. The second kappa shape index (κ2) is 9.66. The van der Waals surface area contributed by atoms with Gasteiger partial charge in [0.2, 0.25) is 17.7 Å². The number of aryl methyl sites for hydroxylation is 2. The molecule has 33 heavy (non-hydrogen) atoms. The molecule has 2 unspecified atom stereocenters. The number of aliphatic hydroxyl groups excluding tert-OH is 1. The summed E-state index contributed by atoms with van der Waals surface area (Å²) < 4.78 is -0.551. The lowest BCUT2D eigenvalue weighted by molar-refractivity contribution is -0.139. The van der Waals surface area contributed by atoms with Crippen molar-refractivity contribution in [3.05, 3.63) is 29.3 Å². The molecule has 3 aliphatic rings. The van der Waals surface area contributed by atoms with Crippen LogP contribution in [0.15, 0.2) is 18.2 Å². The molecule has 180 valence electrons. The lowest BCUT2D eigenvalue weighted by atomic mass is 9.70. The van der Waals surface area contributed by atoms with E-state index in [1.165, 1.54) is 0 Å². The first kappa shape index (κ1) is 24.1. The van der Waals surface area contributed by atoms with Crippen molar-refractivity contribution < 1.29 is 19.5 Å². The second-order valence-electron chi connectivity index (χ2n) is 9.60. The fourth-order valence-corrected chi connectivity index (χ4v) is 8.33. The van der Waals surface area contributed by atoms with Gasteiger partial charge in [-0.15, -0.1) is 11.8 Å². The summed E-state index contributed by atoms with van der Waals surface area (Å²) in [7, 11) is 1.62. The third-order valence-corrected chi connectivity index (χ3v) is 9.59. The van der Waals surface area contributed by atoms with Crippen molar-refractivity contribution in [2.75, 3.05) is 25.5 Å². The van der Waals surface area contributed by atoms with Gasteiger partial charge < -0.3 is 20.6 Å². The molecule has 0 aromatic heterocycles. The topological polar surface area (TPSA) is 98.7 Å². The Morgan fingerprint density at radius 1 is 1.15 bits per heavy atom. The van der Waals surface area contributed by atoms with E-state index < -0.39 is 16.7 Å². The number of unbranched alkanes of at least 4 members (excludes halogenated alkanes) is 3. The van der Waals surface area contributed by atoms with Gasteiger partial charge in [-0.2, -0.15) is 0 Å². The van der Waals surface area contributed by atoms with Gasteiger partial charge in [0.25, 0.3) is 0 Å². The molecule has 0 aliphatic carbocycles. The maximum absolute atomic E-state index is 13.8. The molecule has 1 aromatic carbocycles. The van der Waals surface area contributed by atoms with Crippen molar-refractivity contribution in [2.45, 2.75) is 68.4 Å². The zero-order chi connectivity index (χ0) is 23.8. The van der Waals surface area contributed by atoms with E-state index in [1.54, 1.807) is 23.7 Å². The SMILES string of the molecule is CNC(=O)[C@@H]1[C@H]2C(=O)N(CCCCCCO)C(C(=O)Nc3c(C)cccc3C)C23CC[C@H]1S3. The Morgan fingerprint density at radius 2 is 1.85 bits per heavy atom. The first-order valence-electron chi connectivity index (χ1n) is 12.0. The van der Waals surface area contributed by atoms with Crippen LogP contribution in [0.2, 0.25) is 0 Å². The number of rotatable bonds is 9. The highest BCUT2D eigenvalue weighted by atomic mass is 32.2. The van der Waals surface area contributed by atoms with E-state index in [4.69, 9.17) is 5.11 Å². The molecule has 2 bridgehead atoms. The van der Waals surface area contributed by atoms with Crippen LogP contribution in [0.1, 0.15) is 49.7 Å². The smallest absolute Gasteiger partial charge is 0.248 e. The molecule has 0 radical (unpaired) electrons. The first-order chi connectivity index (χ1) is 15.9. The van der Waals surface area contributed by atoms with Crippen molar-refractivity contribution in [1.82, 2.24) is 10.2 Å². The Labute approximate surface area is 200 Å². The second-order valence-corrected chi connectivity index (χ2v) is 11.2. The molecule has 1 spiro atoms. The van der Waals surface area contributed by atoms with Crippen LogP contribution in [0, 0.1) is 25.7 Å². The summed E-state index contributed by atoms with van der Waals surface area (Å²) in [4.78, 5) is 42.1. The maximum atomic E-state index is 13.8.